The number of aliphatic carboxylic acids is 1. The zero-order valence-corrected chi connectivity index (χ0v) is 22.1. The molecule has 1 aromatic carbocycles. The zero-order chi connectivity index (χ0) is 28.4. The molecule has 0 saturated heterocycles. The third kappa shape index (κ3) is 8.54. The molecule has 5 unspecified atom stereocenters. The third-order valence-corrected chi connectivity index (χ3v) is 6.36. The maximum atomic E-state index is 13.3. The Morgan fingerprint density at radius 2 is 1.61 bits per heavy atom. The standard InChI is InChI=1S/C26H40N6O6/c1-14(2)22(32-24(35)21(28)15(3)33)25(36)31-20(12-16-13-29-18-9-5-4-8-17(16)18)23(34)30-19(26(37)38)10-6-7-11-27/h4-5,8-9,13-15,19-22,29,33H,6-7,10-12,27-28H2,1-3H3,(H,30,34)(H,31,36)(H,32,35)(H,37,38). The predicted molar refractivity (Wildman–Crippen MR) is 143 cm³/mol. The normalized spacial score (nSPS) is 15.3. The number of carbonyl (C=O) groups is 4. The van der Waals surface area contributed by atoms with Gasteiger partial charge < -0.3 is 42.6 Å². The van der Waals surface area contributed by atoms with Gasteiger partial charge in [0, 0.05) is 23.5 Å². The Hall–Kier alpha value is -3.48. The molecule has 210 valence electrons. The molecule has 2 aromatic rings. The molecule has 0 aliphatic carbocycles. The number of amides is 3. The molecule has 1 heterocycles. The summed E-state index contributed by atoms with van der Waals surface area (Å²) in [7, 11) is 0. The van der Waals surface area contributed by atoms with Crippen molar-refractivity contribution in [3.05, 3.63) is 36.0 Å². The molecule has 1 aromatic heterocycles. The van der Waals surface area contributed by atoms with Gasteiger partial charge >= 0.3 is 5.97 Å². The molecule has 12 heteroatoms. The molecular formula is C26H40N6O6. The highest BCUT2D eigenvalue weighted by Crippen LogP contribution is 2.19. The van der Waals surface area contributed by atoms with Crippen molar-refractivity contribution in [2.45, 2.75) is 76.7 Å². The van der Waals surface area contributed by atoms with E-state index in [1.165, 1.54) is 6.92 Å². The van der Waals surface area contributed by atoms with Crippen LogP contribution >= 0.6 is 0 Å². The van der Waals surface area contributed by atoms with Crippen LogP contribution in [0.25, 0.3) is 10.9 Å². The van der Waals surface area contributed by atoms with Crippen LogP contribution in [0.3, 0.4) is 0 Å². The maximum Gasteiger partial charge on any atom is 0.326 e. The first-order chi connectivity index (χ1) is 18.0. The van der Waals surface area contributed by atoms with E-state index in [2.05, 4.69) is 20.9 Å². The lowest BCUT2D eigenvalue weighted by Gasteiger charge is -2.27. The largest absolute Gasteiger partial charge is 0.480 e. The van der Waals surface area contributed by atoms with Crippen LogP contribution in [-0.4, -0.2) is 75.7 Å². The van der Waals surface area contributed by atoms with Crippen LogP contribution in [0.4, 0.5) is 0 Å². The minimum absolute atomic E-state index is 0.0721. The van der Waals surface area contributed by atoms with Crippen LogP contribution in [0.5, 0.6) is 0 Å². The number of benzene rings is 1. The van der Waals surface area contributed by atoms with E-state index in [1.54, 1.807) is 20.0 Å². The minimum atomic E-state index is -1.24. The molecule has 2 rings (SSSR count). The van der Waals surface area contributed by atoms with Crippen LogP contribution in [0.15, 0.2) is 30.5 Å². The number of hydrogen-bond acceptors (Lipinski definition) is 7. The van der Waals surface area contributed by atoms with Crippen molar-refractivity contribution in [1.82, 2.24) is 20.9 Å². The van der Waals surface area contributed by atoms with E-state index >= 15 is 0 Å². The molecule has 5 atom stereocenters. The van der Waals surface area contributed by atoms with Crippen molar-refractivity contribution >= 4 is 34.6 Å². The Kier molecular flexibility index (Phi) is 11.7. The molecule has 0 aliphatic rings. The highest BCUT2D eigenvalue weighted by Gasteiger charge is 2.32. The van der Waals surface area contributed by atoms with Crippen molar-refractivity contribution in [3.63, 3.8) is 0 Å². The number of aromatic nitrogens is 1. The number of aromatic amines is 1. The van der Waals surface area contributed by atoms with Gasteiger partial charge in [-0.3, -0.25) is 14.4 Å². The van der Waals surface area contributed by atoms with E-state index < -0.39 is 54.0 Å². The average Bonchev–Trinajstić information content (AvgIpc) is 3.27. The first-order valence-corrected chi connectivity index (χ1v) is 12.8. The fraction of sp³-hybridized carbons (Fsp3) is 0.538. The lowest BCUT2D eigenvalue weighted by molar-refractivity contribution is -0.142. The summed E-state index contributed by atoms with van der Waals surface area (Å²) in [6.45, 7) is 5.19. The maximum absolute atomic E-state index is 13.3. The molecule has 0 bridgehead atoms. The fourth-order valence-electron chi connectivity index (χ4n) is 4.02. The smallest absolute Gasteiger partial charge is 0.326 e. The molecule has 3 amide bonds. The molecule has 0 fully saturated rings. The first-order valence-electron chi connectivity index (χ1n) is 12.8. The quantitative estimate of drug-likeness (QED) is 0.143. The number of nitrogens with two attached hydrogens (primary N) is 2. The summed E-state index contributed by atoms with van der Waals surface area (Å²) in [6.07, 6.45) is 1.99. The van der Waals surface area contributed by atoms with E-state index in [0.717, 1.165) is 16.5 Å². The lowest BCUT2D eigenvalue weighted by atomic mass is 9.99. The summed E-state index contributed by atoms with van der Waals surface area (Å²) in [6, 6.07) is 2.88. The second-order valence-corrected chi connectivity index (χ2v) is 9.81. The summed E-state index contributed by atoms with van der Waals surface area (Å²) in [5.41, 5.74) is 12.8. The van der Waals surface area contributed by atoms with Gasteiger partial charge in [0.15, 0.2) is 0 Å². The Morgan fingerprint density at radius 3 is 2.21 bits per heavy atom. The molecule has 0 saturated carbocycles. The summed E-state index contributed by atoms with van der Waals surface area (Å²) >= 11 is 0. The Bertz CT molecular complexity index is 1100. The number of aliphatic hydroxyl groups excluding tert-OH is 1. The zero-order valence-electron chi connectivity index (χ0n) is 22.1. The van der Waals surface area contributed by atoms with E-state index in [-0.39, 0.29) is 18.8 Å². The summed E-state index contributed by atoms with van der Waals surface area (Å²) in [5.74, 6) is -3.58. The average molecular weight is 533 g/mol. The molecule has 0 radical (unpaired) electrons. The second kappa shape index (κ2) is 14.5. The monoisotopic (exact) mass is 532 g/mol. The van der Waals surface area contributed by atoms with Crippen molar-refractivity contribution in [2.75, 3.05) is 6.54 Å². The van der Waals surface area contributed by atoms with E-state index in [4.69, 9.17) is 11.5 Å². The Labute approximate surface area is 221 Å². The van der Waals surface area contributed by atoms with Crippen molar-refractivity contribution in [1.29, 1.82) is 0 Å². The predicted octanol–water partition coefficient (Wildman–Crippen LogP) is -0.257. The van der Waals surface area contributed by atoms with Crippen LogP contribution in [0, 0.1) is 5.92 Å². The number of carboxylic acids is 1. The van der Waals surface area contributed by atoms with Gasteiger partial charge in [0.05, 0.1) is 6.10 Å². The van der Waals surface area contributed by atoms with Crippen molar-refractivity contribution < 1.29 is 29.4 Å². The van der Waals surface area contributed by atoms with Crippen LogP contribution in [-0.2, 0) is 25.6 Å². The number of fused-ring (bicyclic) bond motifs is 1. The number of H-pyrrole nitrogens is 1. The molecular weight excluding hydrogens is 492 g/mol. The third-order valence-electron chi connectivity index (χ3n) is 6.36. The van der Waals surface area contributed by atoms with E-state index in [9.17, 15) is 29.4 Å². The molecule has 0 spiro atoms. The van der Waals surface area contributed by atoms with Crippen molar-refractivity contribution in [3.8, 4) is 0 Å². The highest BCUT2D eigenvalue weighted by atomic mass is 16.4. The topological polar surface area (TPSA) is 213 Å². The highest BCUT2D eigenvalue weighted by molar-refractivity contribution is 5.95. The fourth-order valence-corrected chi connectivity index (χ4v) is 4.02. The van der Waals surface area contributed by atoms with Gasteiger partial charge in [-0.1, -0.05) is 32.0 Å². The second-order valence-electron chi connectivity index (χ2n) is 9.81. The number of nitrogens with one attached hydrogen (secondary N) is 4. The van der Waals surface area contributed by atoms with Gasteiger partial charge in [0.1, 0.15) is 24.2 Å². The summed E-state index contributed by atoms with van der Waals surface area (Å²) in [5, 5.41) is 27.9. The van der Waals surface area contributed by atoms with Gasteiger partial charge in [0.25, 0.3) is 0 Å². The first kappa shape index (κ1) is 30.7. The Morgan fingerprint density at radius 1 is 0.947 bits per heavy atom. The Balaban J connectivity index is 2.30. The number of rotatable bonds is 15. The molecule has 12 nitrogen and oxygen atoms in total. The van der Waals surface area contributed by atoms with Crippen LogP contribution < -0.4 is 27.4 Å². The lowest BCUT2D eigenvalue weighted by Crippen LogP contribution is -2.59. The van der Waals surface area contributed by atoms with E-state index in [0.29, 0.717) is 19.4 Å². The molecule has 38 heavy (non-hydrogen) atoms. The molecule has 10 N–H and O–H groups in total. The van der Waals surface area contributed by atoms with Gasteiger partial charge in [-0.2, -0.15) is 0 Å². The van der Waals surface area contributed by atoms with Gasteiger partial charge in [-0.15, -0.1) is 0 Å². The van der Waals surface area contributed by atoms with Gasteiger partial charge in [0.2, 0.25) is 17.7 Å². The van der Waals surface area contributed by atoms with Gasteiger partial charge in [-0.25, -0.2) is 4.79 Å². The van der Waals surface area contributed by atoms with Crippen LogP contribution in [0.1, 0.15) is 45.6 Å². The SMILES string of the molecule is CC(C)C(NC(=O)C(N)C(C)O)C(=O)NC(Cc1c[nH]c2ccccc12)C(=O)NC(CCCCN)C(=O)O. The number of carbonyl (C=O) groups excluding carboxylic acids is 3. The number of unbranched alkanes of at least 4 members (excludes halogenated alkanes) is 1. The number of para-hydroxylation sites is 1. The number of hydrogen-bond donors (Lipinski definition) is 8. The van der Waals surface area contributed by atoms with Crippen LogP contribution in [0.2, 0.25) is 0 Å². The summed E-state index contributed by atoms with van der Waals surface area (Å²) < 4.78 is 0. The number of aliphatic hydroxyl groups is 1. The van der Waals surface area contributed by atoms with E-state index in [1.807, 2.05) is 24.3 Å². The molecule has 0 aliphatic heterocycles. The van der Waals surface area contributed by atoms with Gasteiger partial charge in [-0.05, 0) is 50.3 Å². The number of carboxylic acid groups (broad SMARTS) is 1. The summed E-state index contributed by atoms with van der Waals surface area (Å²) in [4.78, 5) is 54.0. The van der Waals surface area contributed by atoms with Crippen molar-refractivity contribution in [2.24, 2.45) is 17.4 Å². The minimum Gasteiger partial charge on any atom is -0.480 e.